The highest BCUT2D eigenvalue weighted by atomic mass is 16.3. The van der Waals surface area contributed by atoms with Crippen molar-refractivity contribution in [3.63, 3.8) is 0 Å². The van der Waals surface area contributed by atoms with Crippen LogP contribution in [0.4, 0.5) is 5.69 Å². The summed E-state index contributed by atoms with van der Waals surface area (Å²) in [5.74, 6) is 0.436. The van der Waals surface area contributed by atoms with Gasteiger partial charge in [-0.1, -0.05) is 38.0 Å². The number of rotatable bonds is 12. The zero-order valence-electron chi connectivity index (χ0n) is 21.7. The highest BCUT2D eigenvalue weighted by Crippen LogP contribution is 2.41. The van der Waals surface area contributed by atoms with Gasteiger partial charge in [-0.15, -0.1) is 0 Å². The highest BCUT2D eigenvalue weighted by Gasteiger charge is 2.21. The van der Waals surface area contributed by atoms with E-state index in [4.69, 9.17) is 15.6 Å². The fraction of sp³-hybridized carbons (Fsp3) is 0.300. The quantitative estimate of drug-likeness (QED) is 0.0789. The summed E-state index contributed by atoms with van der Waals surface area (Å²) in [4.78, 5) is 25.0. The molecular formula is C30H35N5O3. The number of carbonyl (C=O) groups is 2. The van der Waals surface area contributed by atoms with E-state index in [1.165, 1.54) is 0 Å². The first-order valence-electron chi connectivity index (χ1n) is 13.2. The molecule has 0 spiro atoms. The molecule has 0 fully saturated rings. The maximum atomic E-state index is 13.3. The molecule has 0 unspecified atom stereocenters. The van der Waals surface area contributed by atoms with Crippen molar-refractivity contribution in [1.82, 2.24) is 16.2 Å². The van der Waals surface area contributed by atoms with Gasteiger partial charge in [-0.2, -0.15) is 0 Å². The number of amides is 2. The fourth-order valence-electron chi connectivity index (χ4n) is 4.51. The van der Waals surface area contributed by atoms with Crippen molar-refractivity contribution in [3.05, 3.63) is 71.6 Å². The maximum Gasteiger partial charge on any atom is 0.251 e. The van der Waals surface area contributed by atoms with Gasteiger partial charge in [-0.05, 0) is 55.2 Å². The van der Waals surface area contributed by atoms with Crippen LogP contribution in [-0.2, 0) is 4.79 Å². The van der Waals surface area contributed by atoms with Crippen molar-refractivity contribution >= 4 is 28.5 Å². The van der Waals surface area contributed by atoms with E-state index in [1.807, 2.05) is 49.4 Å². The first-order valence-corrected chi connectivity index (χ1v) is 13.2. The molecule has 2 aromatic carbocycles. The number of nitrogens with one attached hydrogen (secondary N) is 4. The normalized spacial score (nSPS) is 11.1. The Kier molecular flexibility index (Phi) is 9.11. The molecule has 38 heavy (non-hydrogen) atoms. The lowest BCUT2D eigenvalue weighted by molar-refractivity contribution is -0.122. The van der Waals surface area contributed by atoms with E-state index in [-0.39, 0.29) is 11.8 Å². The topological polar surface area (TPSA) is 133 Å². The van der Waals surface area contributed by atoms with Crippen molar-refractivity contribution < 1.29 is 14.0 Å². The predicted molar refractivity (Wildman–Crippen MR) is 150 cm³/mol. The summed E-state index contributed by atoms with van der Waals surface area (Å²) in [7, 11) is 0. The van der Waals surface area contributed by atoms with Gasteiger partial charge in [0.25, 0.3) is 5.91 Å². The Morgan fingerprint density at radius 2 is 1.74 bits per heavy atom. The largest absolute Gasteiger partial charge is 0.456 e. The molecule has 0 saturated carbocycles. The molecular weight excluding hydrogens is 478 g/mol. The molecule has 1 heterocycles. The molecule has 2 amide bonds. The number of nitrogen functional groups attached to an aromatic ring is 1. The molecule has 0 saturated heterocycles. The van der Waals surface area contributed by atoms with E-state index >= 15 is 0 Å². The molecule has 2 aliphatic rings. The Hall–Kier alpha value is -4.17. The molecule has 4 rings (SSSR count). The molecule has 1 aliphatic carbocycles. The number of hydrogen-bond acceptors (Lipinski definition) is 6. The molecule has 0 atom stereocenters. The summed E-state index contributed by atoms with van der Waals surface area (Å²) < 4.78 is 6.09. The second kappa shape index (κ2) is 12.9. The smallest absolute Gasteiger partial charge is 0.251 e. The number of carbonyl (C=O) groups excluding carboxylic acids is 2. The van der Waals surface area contributed by atoms with E-state index in [0.29, 0.717) is 40.9 Å². The molecule has 0 aromatic heterocycles. The van der Waals surface area contributed by atoms with Gasteiger partial charge < -0.3 is 20.9 Å². The second-order valence-electron chi connectivity index (χ2n) is 9.38. The summed E-state index contributed by atoms with van der Waals surface area (Å²) in [6.45, 7) is 3.37. The number of anilines is 1. The molecule has 8 heteroatoms. The minimum Gasteiger partial charge on any atom is -0.456 e. The van der Waals surface area contributed by atoms with E-state index in [1.54, 1.807) is 18.2 Å². The Morgan fingerprint density at radius 3 is 2.58 bits per heavy atom. The summed E-state index contributed by atoms with van der Waals surface area (Å²) in [5, 5.41) is 12.3. The molecule has 198 valence electrons. The van der Waals surface area contributed by atoms with Gasteiger partial charge in [0, 0.05) is 59.4 Å². The number of benzene rings is 3. The summed E-state index contributed by atoms with van der Waals surface area (Å²) >= 11 is 0. The average Bonchev–Trinajstić information content (AvgIpc) is 2.91. The zero-order valence-corrected chi connectivity index (χ0v) is 21.7. The second-order valence-corrected chi connectivity index (χ2v) is 9.38. The SMILES string of the molecule is CCCNNC(=O)CCCCCCNC(=O)c1ccccc1-c1c2ccc(=N)cc-2oc2cc(N)ccc12. The van der Waals surface area contributed by atoms with Crippen molar-refractivity contribution in [1.29, 1.82) is 5.41 Å². The predicted octanol–water partition coefficient (Wildman–Crippen LogP) is 4.98. The van der Waals surface area contributed by atoms with Gasteiger partial charge in [0.1, 0.15) is 11.3 Å². The van der Waals surface area contributed by atoms with E-state index in [2.05, 4.69) is 16.2 Å². The van der Waals surface area contributed by atoms with E-state index < -0.39 is 0 Å². The molecule has 1 aliphatic heterocycles. The maximum absolute atomic E-state index is 13.3. The van der Waals surface area contributed by atoms with Crippen LogP contribution < -0.4 is 27.3 Å². The average molecular weight is 514 g/mol. The summed E-state index contributed by atoms with van der Waals surface area (Å²) in [5.41, 5.74) is 15.9. The fourth-order valence-corrected chi connectivity index (χ4v) is 4.51. The number of hydrazine groups is 1. The van der Waals surface area contributed by atoms with Crippen molar-refractivity contribution in [2.45, 2.75) is 45.4 Å². The van der Waals surface area contributed by atoms with E-state index in [0.717, 1.165) is 60.7 Å². The lowest BCUT2D eigenvalue weighted by Gasteiger charge is -2.18. The van der Waals surface area contributed by atoms with Gasteiger partial charge in [-0.25, -0.2) is 5.43 Å². The van der Waals surface area contributed by atoms with Gasteiger partial charge in [0.05, 0.1) is 5.36 Å². The van der Waals surface area contributed by atoms with Gasteiger partial charge >= 0.3 is 0 Å². The lowest BCUT2D eigenvalue weighted by atomic mass is 9.90. The third-order valence-electron chi connectivity index (χ3n) is 6.41. The molecule has 0 bridgehead atoms. The van der Waals surface area contributed by atoms with Gasteiger partial charge in [0.2, 0.25) is 5.91 Å². The van der Waals surface area contributed by atoms with Crippen LogP contribution in [0.15, 0.2) is 65.1 Å². The summed E-state index contributed by atoms with van der Waals surface area (Å²) in [6.07, 6.45) is 4.98. The Morgan fingerprint density at radius 1 is 0.921 bits per heavy atom. The van der Waals surface area contributed by atoms with Crippen molar-refractivity contribution in [2.75, 3.05) is 18.8 Å². The number of fused-ring (bicyclic) bond motifs is 2. The Bertz CT molecular complexity index is 1450. The van der Waals surface area contributed by atoms with Crippen LogP contribution in [-0.4, -0.2) is 24.9 Å². The molecule has 6 N–H and O–H groups in total. The number of unbranched alkanes of at least 4 members (excludes halogenated alkanes) is 3. The van der Waals surface area contributed by atoms with Crippen LogP contribution in [0.5, 0.6) is 0 Å². The Labute approximate surface area is 222 Å². The first kappa shape index (κ1) is 26.9. The Balaban J connectivity index is 1.45. The highest BCUT2D eigenvalue weighted by molar-refractivity contribution is 6.09. The summed E-state index contributed by atoms with van der Waals surface area (Å²) in [6, 6.07) is 18.3. The lowest BCUT2D eigenvalue weighted by Crippen LogP contribution is -2.37. The van der Waals surface area contributed by atoms with Crippen LogP contribution in [0.3, 0.4) is 0 Å². The van der Waals surface area contributed by atoms with Crippen LogP contribution >= 0.6 is 0 Å². The minimum absolute atomic E-state index is 0.0127. The third kappa shape index (κ3) is 6.58. The zero-order chi connectivity index (χ0) is 26.9. The standard InChI is InChI=1S/C30H35N5O3/c1-2-16-34-35-28(36)11-5-3-4-8-17-33-30(37)23-10-7-6-9-22(23)29-24-14-12-20(31)18-26(24)38-27-19-21(32)13-15-25(27)29/h6-7,9-10,12-15,18-19,31,34H,2-5,8,11,16-17,32H2,1H3,(H,33,37)(H,35,36). The van der Waals surface area contributed by atoms with Crippen molar-refractivity contribution in [3.8, 4) is 22.5 Å². The van der Waals surface area contributed by atoms with Gasteiger partial charge in [0.15, 0.2) is 0 Å². The van der Waals surface area contributed by atoms with Crippen LogP contribution in [0.2, 0.25) is 0 Å². The van der Waals surface area contributed by atoms with Gasteiger partial charge in [-0.3, -0.25) is 15.0 Å². The number of hydrogen-bond donors (Lipinski definition) is 5. The molecule has 0 radical (unpaired) electrons. The molecule has 2 aromatic rings. The number of nitrogens with two attached hydrogens (primary N) is 1. The minimum atomic E-state index is -0.142. The molecule has 8 nitrogen and oxygen atoms in total. The van der Waals surface area contributed by atoms with Crippen LogP contribution in [0.25, 0.3) is 33.4 Å². The van der Waals surface area contributed by atoms with E-state index in [9.17, 15) is 9.59 Å². The van der Waals surface area contributed by atoms with Crippen LogP contribution in [0.1, 0.15) is 55.8 Å². The first-order chi connectivity index (χ1) is 18.5. The third-order valence-corrected chi connectivity index (χ3v) is 6.41. The van der Waals surface area contributed by atoms with Crippen molar-refractivity contribution in [2.24, 2.45) is 0 Å². The van der Waals surface area contributed by atoms with Crippen LogP contribution in [0, 0.1) is 5.41 Å². The monoisotopic (exact) mass is 513 g/mol.